The molecule has 120 heavy (non-hydrogen) atoms. The molecule has 0 saturated carbocycles. The van der Waals surface area contributed by atoms with Crippen LogP contribution in [0.15, 0.2) is 262 Å². The van der Waals surface area contributed by atoms with Crippen LogP contribution < -0.4 is 37.2 Å². The summed E-state index contributed by atoms with van der Waals surface area (Å²) in [5, 5.41) is 27.6. The number of carbonyl (C=O) groups excluding carboxylic acids is 5. The molecule has 26 nitrogen and oxygen atoms in total. The van der Waals surface area contributed by atoms with Crippen LogP contribution in [0, 0.1) is 0 Å². The van der Waals surface area contributed by atoms with Gasteiger partial charge in [0.1, 0.15) is 23.0 Å². The Bertz CT molecular complexity index is 5720. The van der Waals surface area contributed by atoms with Gasteiger partial charge in [0.15, 0.2) is 0 Å². The first-order valence-corrected chi connectivity index (χ1v) is 40.9. The summed E-state index contributed by atoms with van der Waals surface area (Å²) in [4.78, 5) is 101. The standard InChI is InChI=1S/C24H24ClN5O2.C24H26ClN5O2.C23H21ClN6O.C18H11ClN4OS/c25-20-9-8-18(15-19(20)21-5-1-2-11-26-21)29-24(32)17-7-10-22(28-16-17)27-12-4-14-30-13-3-6-23(30)31;25-21-7-6-19(16-20(21)22-4-1-2-9-26-22)29-24(31)18-5-8-23(28-17-18)27-10-3-11-30-12-14-32-15-13-30;24-20-7-6-18(14-19(20)21-4-1-2-9-26-21)29-23(31)17-5-8-22(28-15-17)27-10-3-12-30-13-11-25-16-30;19-14-6-5-12(10-13(14)15-3-1-2-8-20-15)21-18(24)11-4-7-17-16(9-11)22-23-25-17/h1-2,5,7-11,15-16H,3-4,6,12-14H2,(H,27,28)(H,29,32);1-2,4-9,16-17H,3,10-15H2,(H,27,28)(H,29,31);1-2,4-9,11,13-16H,3,10,12H2,(H,27,28)(H,29,31);1-10H,(H,21,24). The lowest BCUT2D eigenvalue weighted by Crippen LogP contribution is -2.37. The smallest absolute Gasteiger partial charge is 0.257 e. The molecule has 0 aliphatic carbocycles. The van der Waals surface area contributed by atoms with Crippen molar-refractivity contribution in [3.05, 3.63) is 305 Å². The van der Waals surface area contributed by atoms with E-state index in [1.165, 1.54) is 17.7 Å². The highest BCUT2D eigenvalue weighted by molar-refractivity contribution is 7.12. The first-order chi connectivity index (χ1) is 58.7. The normalized spacial score (nSPS) is 12.3. The minimum absolute atomic E-state index is 0.218. The Morgan fingerprint density at radius 1 is 0.417 bits per heavy atom. The predicted molar refractivity (Wildman–Crippen MR) is 475 cm³/mol. The van der Waals surface area contributed by atoms with Crippen LogP contribution in [0.3, 0.4) is 0 Å². The average molecular weight is 1700 g/mol. The van der Waals surface area contributed by atoms with Crippen LogP contribution in [0.5, 0.6) is 0 Å². The summed E-state index contributed by atoms with van der Waals surface area (Å²) in [6.45, 7) is 9.49. The largest absolute Gasteiger partial charge is 0.379 e. The van der Waals surface area contributed by atoms with Gasteiger partial charge in [-0.1, -0.05) is 75.2 Å². The van der Waals surface area contributed by atoms with Gasteiger partial charge in [-0.2, -0.15) is 0 Å². The van der Waals surface area contributed by atoms with Gasteiger partial charge in [-0.05, 0) is 220 Å². The summed E-state index contributed by atoms with van der Waals surface area (Å²) < 4.78 is 12.2. The predicted octanol–water partition coefficient (Wildman–Crippen LogP) is 18.1. The number of morpholine rings is 1. The highest BCUT2D eigenvalue weighted by Crippen LogP contribution is 2.34. The van der Waals surface area contributed by atoms with Gasteiger partial charge in [-0.15, -0.1) is 5.10 Å². The third kappa shape index (κ3) is 24.8. The van der Waals surface area contributed by atoms with E-state index >= 15 is 0 Å². The summed E-state index contributed by atoms with van der Waals surface area (Å²) in [5.41, 5.74) is 11.2. The second-order valence-corrected chi connectivity index (χ2v) is 29.7. The molecule has 0 unspecified atom stereocenters. The molecule has 14 aromatic rings. The quantitative estimate of drug-likeness (QED) is 0.0235. The number of rotatable bonds is 27. The van der Waals surface area contributed by atoms with Crippen LogP contribution in [-0.4, -0.2) is 159 Å². The van der Waals surface area contributed by atoms with E-state index in [-0.39, 0.29) is 29.5 Å². The number of benzene rings is 5. The fraction of sp³-hybridized carbons (Fsp3) is 0.180. The molecule has 9 aromatic heterocycles. The lowest BCUT2D eigenvalue weighted by atomic mass is 10.1. The van der Waals surface area contributed by atoms with Crippen molar-refractivity contribution in [2.24, 2.45) is 0 Å². The number of nitrogens with zero attached hydrogens (tertiary/aromatic N) is 13. The first kappa shape index (κ1) is 84.9. The minimum Gasteiger partial charge on any atom is -0.379 e. The molecule has 31 heteroatoms. The molecule has 2 fully saturated rings. The maximum Gasteiger partial charge on any atom is 0.257 e. The molecule has 2 aliphatic rings. The fourth-order valence-corrected chi connectivity index (χ4v) is 14.0. The average Bonchev–Trinajstić information content (AvgIpc) is 0.846. The lowest BCUT2D eigenvalue weighted by Gasteiger charge is -2.26. The number of likely N-dealkylation sites (tertiary alicyclic amines) is 1. The number of hydrogen-bond donors (Lipinski definition) is 7. The Hall–Kier alpha value is -13.0. The number of halogens is 4. The summed E-state index contributed by atoms with van der Waals surface area (Å²) in [6, 6.07) is 59.6. The molecule has 0 radical (unpaired) electrons. The van der Waals surface area contributed by atoms with E-state index in [9.17, 15) is 24.0 Å². The molecule has 7 N–H and O–H groups in total. The number of fused-ring (bicyclic) bond motifs is 1. The van der Waals surface area contributed by atoms with Gasteiger partial charge < -0.3 is 51.4 Å². The van der Waals surface area contributed by atoms with Crippen molar-refractivity contribution in [2.75, 3.05) is 103 Å². The van der Waals surface area contributed by atoms with Crippen molar-refractivity contribution in [1.29, 1.82) is 0 Å². The van der Waals surface area contributed by atoms with E-state index in [1.807, 2.05) is 119 Å². The molecule has 0 spiro atoms. The summed E-state index contributed by atoms with van der Waals surface area (Å²) in [7, 11) is 0. The molecule has 0 bridgehead atoms. The van der Waals surface area contributed by atoms with Crippen LogP contribution in [-0.2, 0) is 16.1 Å². The molecular weight excluding hydrogens is 1620 g/mol. The number of carbonyl (C=O) groups is 5. The van der Waals surface area contributed by atoms with Crippen LogP contribution in [0.4, 0.5) is 40.2 Å². The van der Waals surface area contributed by atoms with E-state index in [1.54, 1.807) is 147 Å². The molecule has 5 amide bonds. The van der Waals surface area contributed by atoms with Crippen molar-refractivity contribution in [3.63, 3.8) is 0 Å². The number of ether oxygens (including phenoxy) is 1. The lowest BCUT2D eigenvalue weighted by molar-refractivity contribution is -0.127. The molecule has 2 aliphatic heterocycles. The summed E-state index contributed by atoms with van der Waals surface area (Å²) in [6.07, 6.45) is 21.4. The van der Waals surface area contributed by atoms with E-state index in [4.69, 9.17) is 51.1 Å². The number of imidazole rings is 1. The first-order valence-electron chi connectivity index (χ1n) is 38.6. The Morgan fingerprint density at radius 3 is 1.18 bits per heavy atom. The topological polar surface area (TPSA) is 319 Å². The zero-order valence-corrected chi connectivity index (χ0v) is 68.7. The monoisotopic (exact) mass is 1700 g/mol. The summed E-state index contributed by atoms with van der Waals surface area (Å²) in [5.74, 6) is 1.47. The maximum absolute atomic E-state index is 12.7. The molecule has 11 heterocycles. The zero-order valence-electron chi connectivity index (χ0n) is 64.8. The van der Waals surface area contributed by atoms with E-state index in [0.717, 1.165) is 153 Å². The second-order valence-electron chi connectivity index (χ2n) is 27.3. The number of pyridine rings is 7. The van der Waals surface area contributed by atoms with Gasteiger partial charge in [0.05, 0.1) is 83.8 Å². The number of hydrogen-bond acceptors (Lipinski definition) is 21. The van der Waals surface area contributed by atoms with Crippen LogP contribution >= 0.6 is 57.9 Å². The van der Waals surface area contributed by atoms with Crippen molar-refractivity contribution in [1.82, 2.24) is 63.8 Å². The van der Waals surface area contributed by atoms with E-state index < -0.39 is 0 Å². The Kier molecular flexibility index (Phi) is 30.7. The Labute approximate surface area is 716 Å². The second kappa shape index (κ2) is 43.5. The van der Waals surface area contributed by atoms with Crippen LogP contribution in [0.2, 0.25) is 20.1 Å². The van der Waals surface area contributed by atoms with Crippen LogP contribution in [0.1, 0.15) is 73.5 Å². The highest BCUT2D eigenvalue weighted by atomic mass is 35.5. The number of aryl methyl sites for hydroxylation is 1. The molecular formula is C89H82Cl4N20O6S. The van der Waals surface area contributed by atoms with Gasteiger partial charge in [-0.25, -0.2) is 19.9 Å². The zero-order chi connectivity index (χ0) is 83.2. The van der Waals surface area contributed by atoms with Gasteiger partial charge >= 0.3 is 0 Å². The van der Waals surface area contributed by atoms with Gasteiger partial charge in [0.25, 0.3) is 23.6 Å². The molecule has 0 atom stereocenters. The molecule has 16 rings (SSSR count). The Balaban J connectivity index is 0.000000139. The third-order valence-corrected chi connectivity index (χ3v) is 20.9. The SMILES string of the molecule is O=C(Nc1ccc(Cl)c(-c2ccccn2)c1)c1ccc(NCCCN2CCCC2=O)nc1.O=C(Nc1ccc(Cl)c(-c2ccccn2)c1)c1ccc(NCCCN2CCOCC2)nc1.O=C(Nc1ccc(Cl)c(-c2ccccn2)c1)c1ccc(NCCCn2ccnc2)nc1.O=C(Nc1ccc(Cl)c(-c2ccccn2)c1)c1ccc2snnc2c1. The van der Waals surface area contributed by atoms with E-state index in [2.05, 4.69) is 91.6 Å². The van der Waals surface area contributed by atoms with E-state index in [0.29, 0.717) is 89.4 Å². The fourth-order valence-electron chi connectivity index (χ4n) is 12.6. The van der Waals surface area contributed by atoms with Crippen LogP contribution in [0.25, 0.3) is 55.2 Å². The van der Waals surface area contributed by atoms with Crippen molar-refractivity contribution in [3.8, 4) is 45.0 Å². The number of amides is 5. The number of aromatic nitrogens is 11. The molecule has 5 aromatic carbocycles. The van der Waals surface area contributed by atoms with Gasteiger partial charge in [-0.3, -0.25) is 48.8 Å². The van der Waals surface area contributed by atoms with Gasteiger partial charge in [0, 0.05) is 165 Å². The molecule has 608 valence electrons. The maximum atomic E-state index is 12.7. The highest BCUT2D eigenvalue weighted by Gasteiger charge is 2.21. The number of anilines is 7. The van der Waals surface area contributed by atoms with Crippen molar-refractivity contribution >= 4 is 138 Å². The molecule has 2 saturated heterocycles. The minimum atomic E-state index is -0.258. The van der Waals surface area contributed by atoms with Crippen molar-refractivity contribution < 1.29 is 28.7 Å². The van der Waals surface area contributed by atoms with Gasteiger partial charge in [0.2, 0.25) is 5.91 Å². The number of nitrogens with one attached hydrogen (secondary N) is 7. The summed E-state index contributed by atoms with van der Waals surface area (Å²) >= 11 is 26.5. The van der Waals surface area contributed by atoms with Crippen molar-refractivity contribution in [2.45, 2.75) is 38.6 Å². The third-order valence-electron chi connectivity index (χ3n) is 18.8. The Morgan fingerprint density at radius 2 is 0.817 bits per heavy atom.